The van der Waals surface area contributed by atoms with E-state index in [0.717, 1.165) is 19.4 Å². The summed E-state index contributed by atoms with van der Waals surface area (Å²) in [6.45, 7) is 6.94. The summed E-state index contributed by atoms with van der Waals surface area (Å²) in [5.74, 6) is 0.137. The van der Waals surface area contributed by atoms with Crippen molar-refractivity contribution in [2.45, 2.75) is 50.8 Å². The number of hydrogen-bond acceptors (Lipinski definition) is 3. The van der Waals surface area contributed by atoms with Crippen LogP contribution < -0.4 is 11.1 Å². The van der Waals surface area contributed by atoms with Gasteiger partial charge in [-0.3, -0.25) is 4.79 Å². The molecule has 3 N–H and O–H groups in total. The van der Waals surface area contributed by atoms with Crippen molar-refractivity contribution in [2.75, 3.05) is 12.8 Å². The fourth-order valence-electron chi connectivity index (χ4n) is 1.06. The van der Waals surface area contributed by atoms with Crippen molar-refractivity contribution < 1.29 is 4.79 Å². The molecular formula is C11H24N2OS. The molecule has 1 unspecified atom stereocenters. The summed E-state index contributed by atoms with van der Waals surface area (Å²) in [6.07, 6.45) is 4.44. The van der Waals surface area contributed by atoms with Crippen LogP contribution in [0.1, 0.15) is 40.0 Å². The minimum absolute atomic E-state index is 0.122. The molecule has 15 heavy (non-hydrogen) atoms. The third-order valence-electron chi connectivity index (χ3n) is 2.33. The Bertz CT molecular complexity index is 193. The lowest BCUT2D eigenvalue weighted by Crippen LogP contribution is -2.36. The Morgan fingerprint density at radius 1 is 1.53 bits per heavy atom. The molecule has 0 aromatic heterocycles. The highest BCUT2D eigenvalue weighted by Gasteiger charge is 2.16. The van der Waals surface area contributed by atoms with Crippen molar-refractivity contribution in [3.63, 3.8) is 0 Å². The fraction of sp³-hybridized carbons (Fsp3) is 0.909. The van der Waals surface area contributed by atoms with Crippen molar-refractivity contribution in [1.82, 2.24) is 5.32 Å². The fourth-order valence-corrected chi connectivity index (χ4v) is 1.27. The number of nitrogens with two attached hydrogens (primary N) is 1. The van der Waals surface area contributed by atoms with E-state index in [9.17, 15) is 4.79 Å². The molecule has 0 radical (unpaired) electrons. The van der Waals surface area contributed by atoms with E-state index in [1.165, 1.54) is 0 Å². The Morgan fingerprint density at radius 3 is 2.60 bits per heavy atom. The summed E-state index contributed by atoms with van der Waals surface area (Å²) in [6, 6.07) is 0.195. The van der Waals surface area contributed by atoms with Crippen LogP contribution in [0.25, 0.3) is 0 Å². The molecule has 0 fully saturated rings. The van der Waals surface area contributed by atoms with Gasteiger partial charge < -0.3 is 11.1 Å². The molecule has 0 heterocycles. The van der Waals surface area contributed by atoms with Crippen LogP contribution in [-0.2, 0) is 4.79 Å². The first-order valence-electron chi connectivity index (χ1n) is 5.45. The molecule has 0 aliphatic heterocycles. The van der Waals surface area contributed by atoms with Crippen molar-refractivity contribution >= 4 is 17.7 Å². The maximum atomic E-state index is 11.4. The molecule has 1 amide bonds. The molecule has 0 aliphatic rings. The van der Waals surface area contributed by atoms with Gasteiger partial charge in [0, 0.05) is 23.8 Å². The zero-order chi connectivity index (χ0) is 11.9. The zero-order valence-corrected chi connectivity index (χ0v) is 11.1. The van der Waals surface area contributed by atoms with E-state index in [1.54, 1.807) is 11.8 Å². The van der Waals surface area contributed by atoms with Gasteiger partial charge in [-0.05, 0) is 39.9 Å². The first-order chi connectivity index (χ1) is 6.87. The van der Waals surface area contributed by atoms with Gasteiger partial charge in [-0.15, -0.1) is 0 Å². The van der Waals surface area contributed by atoms with Crippen molar-refractivity contribution in [3.8, 4) is 0 Å². The first-order valence-corrected chi connectivity index (χ1v) is 6.67. The van der Waals surface area contributed by atoms with Crippen LogP contribution in [0.2, 0.25) is 0 Å². The van der Waals surface area contributed by atoms with Gasteiger partial charge in [0.05, 0.1) is 0 Å². The van der Waals surface area contributed by atoms with Gasteiger partial charge in [0.25, 0.3) is 0 Å². The number of amides is 1. The Hall–Kier alpha value is -0.220. The van der Waals surface area contributed by atoms with E-state index in [1.807, 2.05) is 6.92 Å². The Balaban J connectivity index is 3.58. The van der Waals surface area contributed by atoms with Gasteiger partial charge >= 0.3 is 0 Å². The Kier molecular flexibility index (Phi) is 7.02. The van der Waals surface area contributed by atoms with Gasteiger partial charge in [0.1, 0.15) is 0 Å². The summed E-state index contributed by atoms with van der Waals surface area (Å²) in [7, 11) is 0. The molecule has 0 rings (SSSR count). The predicted octanol–water partition coefficient (Wildman–Crippen LogP) is 1.76. The smallest absolute Gasteiger partial charge is 0.220 e. The highest BCUT2D eigenvalue weighted by atomic mass is 32.2. The SMILES string of the molecule is CSC(C)(C)CNC(=O)CCCC(C)N. The molecule has 0 aromatic carbocycles. The van der Waals surface area contributed by atoms with Crippen molar-refractivity contribution in [2.24, 2.45) is 5.73 Å². The average Bonchev–Trinajstić information content (AvgIpc) is 2.14. The highest BCUT2D eigenvalue weighted by molar-refractivity contribution is 7.99. The van der Waals surface area contributed by atoms with Gasteiger partial charge in [-0.25, -0.2) is 0 Å². The summed E-state index contributed by atoms with van der Waals surface area (Å²) in [5.41, 5.74) is 5.61. The van der Waals surface area contributed by atoms with Crippen LogP contribution in [0.5, 0.6) is 0 Å². The van der Waals surface area contributed by atoms with E-state index in [-0.39, 0.29) is 16.7 Å². The second-order valence-corrected chi connectivity index (χ2v) is 6.12. The highest BCUT2D eigenvalue weighted by Crippen LogP contribution is 2.19. The molecule has 0 aliphatic carbocycles. The summed E-state index contributed by atoms with van der Waals surface area (Å²) < 4.78 is 0.122. The molecule has 0 bridgehead atoms. The third-order valence-corrected chi connectivity index (χ3v) is 3.58. The third kappa shape index (κ3) is 8.75. The van der Waals surface area contributed by atoms with Crippen LogP contribution in [0, 0.1) is 0 Å². The summed E-state index contributed by atoms with van der Waals surface area (Å²) in [5, 5.41) is 2.95. The van der Waals surface area contributed by atoms with Gasteiger partial charge in [0.2, 0.25) is 5.91 Å². The van der Waals surface area contributed by atoms with Crippen LogP contribution >= 0.6 is 11.8 Å². The average molecular weight is 232 g/mol. The van der Waals surface area contributed by atoms with Crippen molar-refractivity contribution in [3.05, 3.63) is 0 Å². The lowest BCUT2D eigenvalue weighted by Gasteiger charge is -2.22. The lowest BCUT2D eigenvalue weighted by atomic mass is 10.1. The van der Waals surface area contributed by atoms with Gasteiger partial charge in [-0.2, -0.15) is 11.8 Å². The molecular weight excluding hydrogens is 208 g/mol. The quantitative estimate of drug-likeness (QED) is 0.703. The van der Waals surface area contributed by atoms with Gasteiger partial charge in [0.15, 0.2) is 0 Å². The summed E-state index contributed by atoms with van der Waals surface area (Å²) in [4.78, 5) is 11.4. The van der Waals surface area contributed by atoms with E-state index >= 15 is 0 Å². The lowest BCUT2D eigenvalue weighted by molar-refractivity contribution is -0.121. The second kappa shape index (κ2) is 7.12. The van der Waals surface area contributed by atoms with Crippen LogP contribution in [-0.4, -0.2) is 29.5 Å². The maximum Gasteiger partial charge on any atom is 0.220 e. The van der Waals surface area contributed by atoms with E-state index in [4.69, 9.17) is 5.73 Å². The van der Waals surface area contributed by atoms with Crippen molar-refractivity contribution in [1.29, 1.82) is 0 Å². The predicted molar refractivity (Wildman–Crippen MR) is 68.1 cm³/mol. The summed E-state index contributed by atoms with van der Waals surface area (Å²) >= 11 is 1.76. The standard InChI is InChI=1S/C11H24N2OS/c1-9(12)6-5-7-10(14)13-8-11(2,3)15-4/h9H,5-8,12H2,1-4H3,(H,13,14). The van der Waals surface area contributed by atoms with Gasteiger partial charge in [-0.1, -0.05) is 0 Å². The van der Waals surface area contributed by atoms with E-state index in [0.29, 0.717) is 6.42 Å². The van der Waals surface area contributed by atoms with Crippen LogP contribution in [0.3, 0.4) is 0 Å². The van der Waals surface area contributed by atoms with E-state index in [2.05, 4.69) is 25.4 Å². The molecule has 3 nitrogen and oxygen atoms in total. The second-order valence-electron chi connectivity index (χ2n) is 4.61. The minimum Gasteiger partial charge on any atom is -0.355 e. The number of thioether (sulfide) groups is 1. The molecule has 0 spiro atoms. The molecule has 0 saturated carbocycles. The molecule has 90 valence electrons. The number of rotatable bonds is 7. The van der Waals surface area contributed by atoms with Crippen LogP contribution in [0.4, 0.5) is 0 Å². The monoisotopic (exact) mass is 232 g/mol. The molecule has 0 aromatic rings. The normalized spacial score (nSPS) is 13.7. The van der Waals surface area contributed by atoms with Crippen LogP contribution in [0.15, 0.2) is 0 Å². The maximum absolute atomic E-state index is 11.4. The number of nitrogens with one attached hydrogen (secondary N) is 1. The Labute approximate surface area is 97.6 Å². The molecule has 0 saturated heterocycles. The number of hydrogen-bond donors (Lipinski definition) is 2. The molecule has 1 atom stereocenters. The first kappa shape index (κ1) is 14.8. The number of carbonyl (C=O) groups is 1. The minimum atomic E-state index is 0.122. The topological polar surface area (TPSA) is 55.1 Å². The largest absolute Gasteiger partial charge is 0.355 e. The van der Waals surface area contributed by atoms with E-state index < -0.39 is 0 Å². The zero-order valence-electron chi connectivity index (χ0n) is 10.3. The molecule has 4 heteroatoms. The Morgan fingerprint density at radius 2 is 2.13 bits per heavy atom. The number of carbonyl (C=O) groups excluding carboxylic acids is 1.